The van der Waals surface area contributed by atoms with Gasteiger partial charge in [-0.3, -0.25) is 0 Å². The molecule has 0 saturated carbocycles. The number of nitrogens with zero attached hydrogens (tertiary/aromatic N) is 2. The Morgan fingerprint density at radius 3 is 1.88 bits per heavy atom. The molecule has 8 heteroatoms. The van der Waals surface area contributed by atoms with Crippen LogP contribution in [0.1, 0.15) is 18.1 Å². The van der Waals surface area contributed by atoms with Gasteiger partial charge in [-0.1, -0.05) is 35.4 Å². The van der Waals surface area contributed by atoms with Crippen molar-refractivity contribution >= 4 is 24.9 Å². The third-order valence-electron chi connectivity index (χ3n) is 2.25. The molecule has 1 aromatic carbocycles. The third-order valence-corrected chi connectivity index (χ3v) is 2.90. The summed E-state index contributed by atoms with van der Waals surface area (Å²) in [5, 5.41) is 9.61. The number of carbonyl (C=O) groups excluding carboxylic acids is 1. The first-order valence-electron chi connectivity index (χ1n) is 6.55. The van der Waals surface area contributed by atoms with Gasteiger partial charge in [0.1, 0.15) is 0 Å². The summed E-state index contributed by atoms with van der Waals surface area (Å²) < 4.78 is 15.0. The summed E-state index contributed by atoms with van der Waals surface area (Å²) in [4.78, 5) is 14.5. The second-order valence-corrected chi connectivity index (χ2v) is 4.29. The predicted octanol–water partition coefficient (Wildman–Crippen LogP) is 3.22. The first-order valence-corrected chi connectivity index (χ1v) is 6.96. The molecule has 136 valence electrons. The number of aromatic nitrogens is 1. The molecule has 6 nitrogen and oxygen atoms in total. The summed E-state index contributed by atoms with van der Waals surface area (Å²) in [5.74, 6) is 0.521. The molecule has 0 atom stereocenters. The van der Waals surface area contributed by atoms with Crippen LogP contribution in [0.5, 0.6) is 0 Å². The van der Waals surface area contributed by atoms with E-state index < -0.39 is 0 Å². The molecule has 0 aliphatic heterocycles. The maximum absolute atomic E-state index is 9.70. The van der Waals surface area contributed by atoms with E-state index in [0.717, 1.165) is 4.90 Å². The molecule has 0 fully saturated rings. The van der Waals surface area contributed by atoms with Crippen LogP contribution in [0, 0.1) is 38.5 Å². The Morgan fingerprint density at radius 2 is 1.58 bits per heavy atom. The number of hydrogen-bond acceptors (Lipinski definition) is 4. The number of anilines is 1. The molecule has 0 saturated heterocycles. The zero-order chi connectivity index (χ0) is 20.1. The van der Waals surface area contributed by atoms with Gasteiger partial charge in [0.25, 0.3) is 0 Å². The van der Waals surface area contributed by atoms with Gasteiger partial charge in [-0.2, -0.15) is 10.2 Å². The molecule has 0 radical (unpaired) electrons. The molecular weight excluding hydrogens is 394 g/mol. The van der Waals surface area contributed by atoms with Crippen molar-refractivity contribution in [1.82, 2.24) is 4.98 Å². The number of aryl methyl sites for hydroxylation is 2. The summed E-state index contributed by atoms with van der Waals surface area (Å²) in [5.41, 5.74) is 2.40. The normalized spacial score (nSPS) is 6.69. The topological polar surface area (TPSA) is 106 Å². The SMILES string of the molecule is CC#N.Cc1cccc(C)c1[S-].O=[C-]Nc1ccccn1.[C-]#[O+].[C-]#[O+].[Fe+2]. The van der Waals surface area contributed by atoms with E-state index in [1.165, 1.54) is 24.5 Å². The summed E-state index contributed by atoms with van der Waals surface area (Å²) in [6.07, 6.45) is 3.12. The van der Waals surface area contributed by atoms with Crippen LogP contribution < -0.4 is 5.32 Å². The first-order chi connectivity index (χ1) is 12.1. The molecular formula is C18H17FeN3O3S. The average Bonchev–Trinajstić information content (AvgIpc) is 2.65. The Hall–Kier alpha value is -2.45. The Morgan fingerprint density at radius 1 is 1.12 bits per heavy atom. The van der Waals surface area contributed by atoms with Gasteiger partial charge >= 0.3 is 39.7 Å². The van der Waals surface area contributed by atoms with Crippen molar-refractivity contribution in [1.29, 1.82) is 5.26 Å². The van der Waals surface area contributed by atoms with Gasteiger partial charge in [-0.25, -0.2) is 0 Å². The second kappa shape index (κ2) is 24.8. The van der Waals surface area contributed by atoms with Crippen molar-refractivity contribution in [2.24, 2.45) is 0 Å². The van der Waals surface area contributed by atoms with Crippen LogP contribution in [0.2, 0.25) is 0 Å². The summed E-state index contributed by atoms with van der Waals surface area (Å²) in [6.45, 7) is 14.5. The monoisotopic (exact) mass is 411 g/mol. The van der Waals surface area contributed by atoms with Gasteiger partial charge in [0.05, 0.1) is 12.5 Å². The minimum absolute atomic E-state index is 0. The molecule has 2 aromatic rings. The molecule has 0 spiro atoms. The average molecular weight is 411 g/mol. The third kappa shape index (κ3) is 17.9. The number of pyridine rings is 1. The molecule has 1 heterocycles. The Kier molecular flexibility index (Phi) is 29.9. The zero-order valence-electron chi connectivity index (χ0n) is 14.4. The Balaban J connectivity index is -0.000000135. The van der Waals surface area contributed by atoms with E-state index >= 15 is 0 Å². The van der Waals surface area contributed by atoms with Crippen LogP contribution in [0.4, 0.5) is 5.82 Å². The summed E-state index contributed by atoms with van der Waals surface area (Å²) >= 11 is 5.09. The second-order valence-electron chi connectivity index (χ2n) is 3.89. The fraction of sp³-hybridized carbons (Fsp3) is 0.167. The smallest absolute Gasteiger partial charge is 2.00 e. The number of rotatable bonds is 2. The molecule has 0 unspecified atom stereocenters. The van der Waals surface area contributed by atoms with E-state index in [4.69, 9.17) is 27.2 Å². The molecule has 1 N–H and O–H groups in total. The standard InChI is InChI=1S/C8H10S.C6H5N2O.C2H3N.2CO.Fe/c1-6-4-3-5-7(2)8(6)9;9-5-8-6-3-1-2-4-7-6;1-2-3;2*1-2;/h3-5,9H,1-2H3;1-4H,(H,7,8,9);1H3;;;/q;-1;;;;+2/p-1. The Bertz CT molecular complexity index is 645. The van der Waals surface area contributed by atoms with Crippen molar-refractivity contribution in [2.75, 3.05) is 5.32 Å². The summed E-state index contributed by atoms with van der Waals surface area (Å²) in [6, 6.07) is 13.1. The van der Waals surface area contributed by atoms with Crippen molar-refractivity contribution in [3.8, 4) is 6.07 Å². The van der Waals surface area contributed by atoms with E-state index in [-0.39, 0.29) is 17.1 Å². The van der Waals surface area contributed by atoms with Crippen molar-refractivity contribution in [2.45, 2.75) is 25.7 Å². The number of amides is 1. The molecule has 26 heavy (non-hydrogen) atoms. The van der Waals surface area contributed by atoms with Crippen molar-refractivity contribution in [3.05, 3.63) is 67.0 Å². The van der Waals surface area contributed by atoms with Crippen LogP contribution >= 0.6 is 0 Å². The predicted molar refractivity (Wildman–Crippen MR) is 94.2 cm³/mol. The van der Waals surface area contributed by atoms with E-state index in [2.05, 4.69) is 23.6 Å². The number of hydrogen-bond donors (Lipinski definition) is 1. The van der Waals surface area contributed by atoms with E-state index in [9.17, 15) is 4.79 Å². The van der Waals surface area contributed by atoms with Crippen molar-refractivity contribution in [3.63, 3.8) is 0 Å². The van der Waals surface area contributed by atoms with Gasteiger partial charge < -0.3 is 27.7 Å². The maximum atomic E-state index is 9.70. The molecule has 0 aliphatic rings. The van der Waals surface area contributed by atoms with Crippen LogP contribution in [0.25, 0.3) is 0 Å². The molecule has 2 rings (SSSR count). The maximum Gasteiger partial charge on any atom is 2.00 e. The minimum atomic E-state index is 0. The van der Waals surface area contributed by atoms with Crippen LogP contribution in [0.3, 0.4) is 0 Å². The van der Waals surface area contributed by atoms with Crippen LogP contribution in [0.15, 0.2) is 47.5 Å². The fourth-order valence-electron chi connectivity index (χ4n) is 1.29. The van der Waals surface area contributed by atoms with E-state index in [1.807, 2.05) is 32.0 Å². The summed E-state index contributed by atoms with van der Waals surface area (Å²) in [7, 11) is 0. The quantitative estimate of drug-likeness (QED) is 0.269. The zero-order valence-corrected chi connectivity index (χ0v) is 16.3. The van der Waals surface area contributed by atoms with Crippen LogP contribution in [-0.2, 0) is 43.8 Å². The number of nitrogens with one attached hydrogen (secondary N) is 1. The van der Waals surface area contributed by atoms with Gasteiger partial charge in [-0.05, 0) is 25.7 Å². The Labute approximate surface area is 170 Å². The van der Waals surface area contributed by atoms with E-state index in [0.29, 0.717) is 5.82 Å². The van der Waals surface area contributed by atoms with Gasteiger partial charge in [0.15, 0.2) is 0 Å². The van der Waals surface area contributed by atoms with Crippen molar-refractivity contribution < 1.29 is 31.2 Å². The fourth-order valence-corrected chi connectivity index (χ4v) is 1.42. The number of benzene rings is 1. The molecule has 1 aromatic heterocycles. The van der Waals surface area contributed by atoms with Crippen LogP contribution in [-0.4, -0.2) is 11.4 Å². The molecule has 0 aliphatic carbocycles. The van der Waals surface area contributed by atoms with Gasteiger partial charge in [0.2, 0.25) is 0 Å². The largest absolute Gasteiger partial charge is 2.00 e. The molecule has 0 bridgehead atoms. The van der Waals surface area contributed by atoms with Gasteiger partial charge in [-0.15, -0.1) is 6.07 Å². The van der Waals surface area contributed by atoms with E-state index in [1.54, 1.807) is 30.5 Å². The number of nitriles is 1. The molecule has 1 amide bonds. The van der Waals surface area contributed by atoms with Gasteiger partial charge in [0, 0.05) is 13.1 Å². The minimum Gasteiger partial charge on any atom is 2.00 e. The first kappa shape index (κ1) is 31.3.